The first kappa shape index (κ1) is 16.4. The molecule has 0 spiro atoms. The number of hydrogen-bond donors (Lipinski definition) is 0. The number of amides is 1. The van der Waals surface area contributed by atoms with Crippen LogP contribution in [-0.4, -0.2) is 72.2 Å². The van der Waals surface area contributed by atoms with E-state index in [1.54, 1.807) is 15.8 Å². The number of sulfonamides is 1. The number of ether oxygens (including phenoxy) is 1. The van der Waals surface area contributed by atoms with E-state index in [1.807, 2.05) is 6.92 Å². The summed E-state index contributed by atoms with van der Waals surface area (Å²) in [5.74, 6) is -0.0154. The summed E-state index contributed by atoms with van der Waals surface area (Å²) in [6.45, 7) is 4.57. The van der Waals surface area contributed by atoms with Crippen LogP contribution in [0.3, 0.4) is 0 Å². The lowest BCUT2D eigenvalue weighted by Gasteiger charge is -2.34. The third-order valence-electron chi connectivity index (χ3n) is 4.33. The summed E-state index contributed by atoms with van der Waals surface area (Å²) in [7, 11) is -3.54. The van der Waals surface area contributed by atoms with Gasteiger partial charge in [-0.3, -0.25) is 9.48 Å². The van der Waals surface area contributed by atoms with Gasteiger partial charge in [0.15, 0.2) is 0 Å². The van der Waals surface area contributed by atoms with E-state index in [1.165, 1.54) is 10.5 Å². The fourth-order valence-electron chi connectivity index (χ4n) is 2.92. The van der Waals surface area contributed by atoms with Crippen LogP contribution in [0.25, 0.3) is 0 Å². The van der Waals surface area contributed by atoms with Gasteiger partial charge in [-0.25, -0.2) is 8.42 Å². The van der Waals surface area contributed by atoms with Crippen molar-refractivity contribution in [1.29, 1.82) is 0 Å². The first-order chi connectivity index (χ1) is 11.0. The maximum Gasteiger partial charge on any atom is 0.251 e. The summed E-state index contributed by atoms with van der Waals surface area (Å²) in [5.41, 5.74) is 0. The highest BCUT2D eigenvalue weighted by Crippen LogP contribution is 2.19. The molecule has 8 nitrogen and oxygen atoms in total. The molecule has 1 amide bonds. The minimum Gasteiger partial charge on any atom is -0.368 e. The van der Waals surface area contributed by atoms with E-state index < -0.39 is 10.0 Å². The lowest BCUT2D eigenvalue weighted by atomic mass is 10.2. The summed E-state index contributed by atoms with van der Waals surface area (Å²) >= 11 is 0. The van der Waals surface area contributed by atoms with Crippen molar-refractivity contribution in [3.05, 3.63) is 12.4 Å². The minimum absolute atomic E-state index is 0.0154. The number of carbonyl (C=O) groups excluding carboxylic acids is 1. The van der Waals surface area contributed by atoms with Crippen molar-refractivity contribution < 1.29 is 17.9 Å². The second kappa shape index (κ2) is 6.58. The van der Waals surface area contributed by atoms with Crippen LogP contribution in [0.4, 0.5) is 0 Å². The van der Waals surface area contributed by atoms with E-state index in [0.29, 0.717) is 39.3 Å². The molecule has 2 aliphatic rings. The highest BCUT2D eigenvalue weighted by molar-refractivity contribution is 7.89. The van der Waals surface area contributed by atoms with Gasteiger partial charge in [0.05, 0.1) is 6.20 Å². The molecule has 23 heavy (non-hydrogen) atoms. The Morgan fingerprint density at radius 3 is 2.65 bits per heavy atom. The Balaban J connectivity index is 1.62. The van der Waals surface area contributed by atoms with Crippen molar-refractivity contribution in [1.82, 2.24) is 19.0 Å². The van der Waals surface area contributed by atoms with Crippen molar-refractivity contribution in [2.24, 2.45) is 0 Å². The molecule has 0 aromatic carbocycles. The van der Waals surface area contributed by atoms with Gasteiger partial charge in [-0.15, -0.1) is 0 Å². The van der Waals surface area contributed by atoms with Gasteiger partial charge in [0.2, 0.25) is 10.0 Å². The van der Waals surface area contributed by atoms with Crippen molar-refractivity contribution >= 4 is 15.9 Å². The van der Waals surface area contributed by atoms with Crippen LogP contribution in [-0.2, 0) is 26.1 Å². The second-order valence-corrected chi connectivity index (χ2v) is 7.70. The summed E-state index contributed by atoms with van der Waals surface area (Å²) in [6.07, 6.45) is 4.24. The molecular weight excluding hydrogens is 320 g/mol. The van der Waals surface area contributed by atoms with Gasteiger partial charge in [0.1, 0.15) is 11.0 Å². The SMILES string of the molecule is CCn1cc(S(=O)(=O)N2CCN(C(=O)C3CCCO3)CC2)cn1. The molecule has 9 heteroatoms. The average Bonchev–Trinajstić information content (AvgIpc) is 3.25. The molecule has 1 atom stereocenters. The third kappa shape index (κ3) is 3.26. The normalized spacial score (nSPS) is 23.3. The average molecular weight is 342 g/mol. The molecule has 0 aliphatic carbocycles. The van der Waals surface area contributed by atoms with Crippen molar-refractivity contribution in [3.8, 4) is 0 Å². The Labute approximate surface area is 136 Å². The van der Waals surface area contributed by atoms with Gasteiger partial charge in [-0.05, 0) is 19.8 Å². The summed E-state index contributed by atoms with van der Waals surface area (Å²) in [4.78, 5) is 14.2. The molecule has 3 rings (SSSR count). The van der Waals surface area contributed by atoms with Crippen LogP contribution in [0.15, 0.2) is 17.3 Å². The second-order valence-electron chi connectivity index (χ2n) is 5.76. The number of nitrogens with zero attached hydrogens (tertiary/aromatic N) is 4. The highest BCUT2D eigenvalue weighted by atomic mass is 32.2. The van der Waals surface area contributed by atoms with Crippen LogP contribution in [0.5, 0.6) is 0 Å². The molecule has 0 radical (unpaired) electrons. The van der Waals surface area contributed by atoms with Gasteiger partial charge < -0.3 is 9.64 Å². The number of aryl methyl sites for hydroxylation is 1. The maximum atomic E-state index is 12.6. The number of rotatable bonds is 4. The van der Waals surface area contributed by atoms with Gasteiger partial charge >= 0.3 is 0 Å². The van der Waals surface area contributed by atoms with Crippen LogP contribution in [0, 0.1) is 0 Å². The van der Waals surface area contributed by atoms with Gasteiger partial charge in [0, 0.05) is 45.5 Å². The maximum absolute atomic E-state index is 12.6. The molecule has 2 fully saturated rings. The lowest BCUT2D eigenvalue weighted by molar-refractivity contribution is -0.142. The summed E-state index contributed by atoms with van der Waals surface area (Å²) in [5, 5.41) is 4.02. The molecule has 1 unspecified atom stereocenters. The Morgan fingerprint density at radius 2 is 2.09 bits per heavy atom. The molecular formula is C14H22N4O4S. The summed E-state index contributed by atoms with van der Waals surface area (Å²) in [6, 6.07) is 0. The predicted molar refractivity (Wildman–Crippen MR) is 82.2 cm³/mol. The number of piperazine rings is 1. The quantitative estimate of drug-likeness (QED) is 0.764. The van der Waals surface area contributed by atoms with E-state index in [0.717, 1.165) is 12.8 Å². The molecule has 1 aromatic heterocycles. The van der Waals surface area contributed by atoms with Crippen molar-refractivity contribution in [2.75, 3.05) is 32.8 Å². The Morgan fingerprint density at radius 1 is 1.35 bits per heavy atom. The number of hydrogen-bond acceptors (Lipinski definition) is 5. The van der Waals surface area contributed by atoms with Crippen molar-refractivity contribution in [3.63, 3.8) is 0 Å². The lowest BCUT2D eigenvalue weighted by Crippen LogP contribution is -2.52. The fourth-order valence-corrected chi connectivity index (χ4v) is 4.30. The Bertz CT molecular complexity index is 658. The zero-order chi connectivity index (χ0) is 16.4. The van der Waals surface area contributed by atoms with E-state index in [9.17, 15) is 13.2 Å². The van der Waals surface area contributed by atoms with Crippen molar-refractivity contribution in [2.45, 2.75) is 37.3 Å². The van der Waals surface area contributed by atoms with Gasteiger partial charge in [0.25, 0.3) is 5.91 Å². The largest absolute Gasteiger partial charge is 0.368 e. The molecule has 0 saturated carbocycles. The predicted octanol–water partition coefficient (Wildman–Crippen LogP) is -0.0851. The molecule has 2 aliphatic heterocycles. The molecule has 0 bridgehead atoms. The molecule has 1 aromatic rings. The Kier molecular flexibility index (Phi) is 4.69. The fraction of sp³-hybridized carbons (Fsp3) is 0.714. The van der Waals surface area contributed by atoms with Crippen LogP contribution in [0.1, 0.15) is 19.8 Å². The first-order valence-electron chi connectivity index (χ1n) is 7.95. The molecule has 2 saturated heterocycles. The van der Waals surface area contributed by atoms with Gasteiger partial charge in [-0.1, -0.05) is 0 Å². The van der Waals surface area contributed by atoms with E-state index in [-0.39, 0.29) is 16.9 Å². The monoisotopic (exact) mass is 342 g/mol. The minimum atomic E-state index is -3.54. The van der Waals surface area contributed by atoms with Crippen LogP contribution in [0.2, 0.25) is 0 Å². The van der Waals surface area contributed by atoms with E-state index in [4.69, 9.17) is 4.74 Å². The Hall–Kier alpha value is -1.45. The van der Waals surface area contributed by atoms with Crippen LogP contribution >= 0.6 is 0 Å². The smallest absolute Gasteiger partial charge is 0.251 e. The number of aromatic nitrogens is 2. The topological polar surface area (TPSA) is 84.7 Å². The zero-order valence-corrected chi connectivity index (χ0v) is 14.0. The molecule has 3 heterocycles. The molecule has 128 valence electrons. The number of carbonyl (C=O) groups is 1. The summed E-state index contributed by atoms with van der Waals surface area (Å²) < 4.78 is 33.6. The van der Waals surface area contributed by atoms with Gasteiger partial charge in [-0.2, -0.15) is 9.40 Å². The molecule has 0 N–H and O–H groups in total. The zero-order valence-electron chi connectivity index (χ0n) is 13.2. The van der Waals surface area contributed by atoms with E-state index in [2.05, 4.69) is 5.10 Å². The van der Waals surface area contributed by atoms with E-state index >= 15 is 0 Å². The van der Waals surface area contributed by atoms with Crippen LogP contribution < -0.4 is 0 Å². The highest BCUT2D eigenvalue weighted by Gasteiger charge is 2.34. The first-order valence-corrected chi connectivity index (χ1v) is 9.39. The third-order valence-corrected chi connectivity index (χ3v) is 6.18. The standard InChI is InChI=1S/C14H22N4O4S/c1-2-17-11-12(10-15-17)23(20,21)18-7-5-16(6-8-18)14(19)13-4-3-9-22-13/h10-11,13H,2-9H2,1H3.